The van der Waals surface area contributed by atoms with Crippen molar-refractivity contribution >= 4 is 25.6 Å². The Morgan fingerprint density at radius 3 is 2.24 bits per heavy atom. The fraction of sp³-hybridized carbons (Fsp3) is 0.526. The molecule has 2 unspecified atom stereocenters. The van der Waals surface area contributed by atoms with Crippen LogP contribution in [0.3, 0.4) is 0 Å². The molecule has 2 aromatic rings. The Morgan fingerprint density at radius 1 is 0.933 bits per heavy atom. The zero-order valence-electron chi connectivity index (χ0n) is 29.0. The van der Waals surface area contributed by atoms with Crippen molar-refractivity contribution in [2.24, 2.45) is 0 Å². The molecule has 45 heavy (non-hydrogen) atoms. The number of nitrogens with zero attached hydrogens (tertiary/aromatic N) is 4. The summed E-state index contributed by atoms with van der Waals surface area (Å²) in [6, 6.07) is 20.4. The highest BCUT2D eigenvalue weighted by molar-refractivity contribution is 7.44. The second-order valence-corrected chi connectivity index (χ2v) is 15.1. The van der Waals surface area contributed by atoms with Crippen LogP contribution in [0.15, 0.2) is 72.5 Å². The number of allylic oxidation sites excluding steroid dienone is 4. The average molecular weight is 630 g/mol. The first-order valence-electron chi connectivity index (χ1n) is 16.6. The van der Waals surface area contributed by atoms with E-state index in [4.69, 9.17) is 14.3 Å². The number of rotatable bonds is 15. The van der Waals surface area contributed by atoms with Crippen molar-refractivity contribution in [2.45, 2.75) is 103 Å². The molecule has 0 aliphatic carbocycles. The highest BCUT2D eigenvalue weighted by Gasteiger charge is 2.43. The van der Waals surface area contributed by atoms with E-state index in [1.807, 2.05) is 0 Å². The number of hydrogen-bond acceptors (Lipinski definition) is 5. The van der Waals surface area contributed by atoms with Crippen molar-refractivity contribution in [2.75, 3.05) is 32.2 Å². The van der Waals surface area contributed by atoms with Gasteiger partial charge in [-0.25, -0.2) is 4.67 Å². The molecule has 0 fully saturated rings. The van der Waals surface area contributed by atoms with Crippen LogP contribution in [-0.2, 0) is 19.9 Å². The minimum Gasteiger partial charge on any atom is -0.347 e. The van der Waals surface area contributed by atoms with Crippen molar-refractivity contribution in [3.63, 3.8) is 0 Å². The zero-order valence-corrected chi connectivity index (χ0v) is 29.9. The normalized spacial score (nSPS) is 20.6. The summed E-state index contributed by atoms with van der Waals surface area (Å²) >= 11 is 0. The van der Waals surface area contributed by atoms with Gasteiger partial charge in [0.15, 0.2) is 5.71 Å². The van der Waals surface area contributed by atoms with Crippen LogP contribution >= 0.6 is 8.53 Å². The number of hydrogen-bond donors (Lipinski definition) is 0. The van der Waals surface area contributed by atoms with Crippen molar-refractivity contribution in [1.29, 1.82) is 5.26 Å². The van der Waals surface area contributed by atoms with Crippen LogP contribution in [-0.4, -0.2) is 54.4 Å². The second kappa shape index (κ2) is 15.2. The van der Waals surface area contributed by atoms with Crippen LogP contribution in [0.5, 0.6) is 0 Å². The van der Waals surface area contributed by atoms with E-state index in [2.05, 4.69) is 150 Å². The van der Waals surface area contributed by atoms with E-state index < -0.39 is 8.53 Å². The molecule has 242 valence electrons. The lowest BCUT2D eigenvalue weighted by Gasteiger charge is -2.35. The van der Waals surface area contributed by atoms with Crippen molar-refractivity contribution < 1.29 is 13.6 Å². The molecule has 2 atom stereocenters. The van der Waals surface area contributed by atoms with Gasteiger partial charge < -0.3 is 13.9 Å². The Balaban J connectivity index is 1.44. The average Bonchev–Trinajstić information content (AvgIpc) is 3.33. The fourth-order valence-corrected chi connectivity index (χ4v) is 8.80. The molecule has 7 heteroatoms. The largest absolute Gasteiger partial charge is 0.347 e. The van der Waals surface area contributed by atoms with Crippen LogP contribution in [0.1, 0.15) is 91.7 Å². The van der Waals surface area contributed by atoms with Gasteiger partial charge in [-0.1, -0.05) is 55.3 Å². The topological polar surface area (TPSA) is 51.7 Å². The van der Waals surface area contributed by atoms with Gasteiger partial charge in [-0.2, -0.15) is 9.84 Å². The molecule has 6 nitrogen and oxygen atoms in total. The number of unbranched alkanes of at least 4 members (excludes halogenated alkanes) is 2. The lowest BCUT2D eigenvalue weighted by Crippen LogP contribution is -2.33. The third-order valence-corrected chi connectivity index (χ3v) is 11.5. The van der Waals surface area contributed by atoms with Crippen molar-refractivity contribution in [1.82, 2.24) is 4.67 Å². The molecule has 0 N–H and O–H groups in total. The highest BCUT2D eigenvalue weighted by atomic mass is 31.2. The summed E-state index contributed by atoms with van der Waals surface area (Å²) in [6.45, 7) is 16.8. The van der Waals surface area contributed by atoms with E-state index in [1.54, 1.807) is 0 Å². The van der Waals surface area contributed by atoms with Gasteiger partial charge in [-0.3, -0.25) is 0 Å². The number of likely N-dealkylation sites (N-methyl/N-ethyl adjacent to an activating group) is 1. The molecular formula is C38H54N4O2P+. The second-order valence-electron chi connectivity index (χ2n) is 13.6. The molecule has 0 radical (unpaired) electrons. The number of benzene rings is 2. The van der Waals surface area contributed by atoms with Gasteiger partial charge in [0.1, 0.15) is 7.05 Å². The first-order valence-corrected chi connectivity index (χ1v) is 17.7. The third kappa shape index (κ3) is 7.44. The van der Waals surface area contributed by atoms with Crippen LogP contribution in [0.2, 0.25) is 0 Å². The van der Waals surface area contributed by atoms with Crippen LogP contribution in [0.25, 0.3) is 0 Å². The zero-order chi connectivity index (χ0) is 32.8. The number of fused-ring (bicyclic) bond motifs is 2. The van der Waals surface area contributed by atoms with Gasteiger partial charge in [-0.15, -0.1) is 0 Å². The molecule has 0 aromatic heterocycles. The van der Waals surface area contributed by atoms with Gasteiger partial charge in [0, 0.05) is 53.6 Å². The summed E-state index contributed by atoms with van der Waals surface area (Å²) < 4.78 is 17.0. The molecule has 0 bridgehead atoms. The van der Waals surface area contributed by atoms with Gasteiger partial charge >= 0.3 is 0 Å². The van der Waals surface area contributed by atoms with E-state index >= 15 is 0 Å². The molecule has 2 aromatic carbocycles. The first kappa shape index (κ1) is 35.1. The smallest absolute Gasteiger partial charge is 0.259 e. The van der Waals surface area contributed by atoms with Gasteiger partial charge in [-0.05, 0) is 79.0 Å². The maximum absolute atomic E-state index is 8.99. The summed E-state index contributed by atoms with van der Waals surface area (Å²) in [5.74, 6) is 0. The lowest BCUT2D eigenvalue weighted by atomic mass is 9.77. The molecule has 0 saturated heterocycles. The van der Waals surface area contributed by atoms with E-state index in [9.17, 15) is 0 Å². The number of para-hydroxylation sites is 2. The Morgan fingerprint density at radius 2 is 1.58 bits per heavy atom. The molecule has 2 aliphatic heterocycles. The number of anilines is 1. The first-order chi connectivity index (χ1) is 21.4. The summed E-state index contributed by atoms with van der Waals surface area (Å²) in [5.41, 5.74) is 7.90. The van der Waals surface area contributed by atoms with Gasteiger partial charge in [0.25, 0.3) is 8.53 Å². The van der Waals surface area contributed by atoms with Crippen molar-refractivity contribution in [3.8, 4) is 6.07 Å². The maximum atomic E-state index is 8.99. The number of nitriles is 1. The van der Waals surface area contributed by atoms with E-state index in [1.165, 1.54) is 33.9 Å². The van der Waals surface area contributed by atoms with Gasteiger partial charge in [0.2, 0.25) is 5.69 Å². The molecule has 0 spiro atoms. The highest BCUT2D eigenvalue weighted by Crippen LogP contribution is 2.50. The molecule has 4 rings (SSSR count). The molecule has 0 saturated carbocycles. The minimum absolute atomic E-state index is 0.0429. The Kier molecular flexibility index (Phi) is 11.8. The summed E-state index contributed by atoms with van der Waals surface area (Å²) in [5, 5.41) is 8.99. The van der Waals surface area contributed by atoms with E-state index in [0.29, 0.717) is 31.7 Å². The Hall–Kier alpha value is -2.81. The van der Waals surface area contributed by atoms with Gasteiger partial charge in [0.05, 0.1) is 31.1 Å². The standard InChI is InChI=1S/C38H54N4O2P/c1-29(2)42(30(3)4)45(44-28-18-26-39)43-27-16-10-15-25-38(7)32-20-12-14-22-34(32)41(9)36(38)24-17-23-35-37(5,6)31-19-11-13-21-33(31)40(35)8/h11-14,17,19-24,29-30H,10,15-16,18,25,27-28H2,1-9H3/q+1. The minimum atomic E-state index is -1.19. The summed E-state index contributed by atoms with van der Waals surface area (Å²) in [6.07, 6.45) is 11.5. The Bertz CT molecular complexity index is 1450. The van der Waals surface area contributed by atoms with Crippen LogP contribution in [0.4, 0.5) is 11.4 Å². The monoisotopic (exact) mass is 629 g/mol. The van der Waals surface area contributed by atoms with E-state index in [0.717, 1.165) is 25.7 Å². The maximum Gasteiger partial charge on any atom is 0.259 e. The SMILES string of the molecule is CC(C)N(C(C)C)P(OCCC#N)OCCCCCC1(C)/C(=C\C=C\C2=[N+](C)c3ccccc3C2(C)C)N(C)c2ccccc21. The predicted octanol–water partition coefficient (Wildman–Crippen LogP) is 9.39. The molecular weight excluding hydrogens is 575 g/mol. The summed E-state index contributed by atoms with van der Waals surface area (Å²) in [7, 11) is 3.20. The predicted molar refractivity (Wildman–Crippen MR) is 189 cm³/mol. The molecule has 2 aliphatic rings. The molecule has 0 amide bonds. The van der Waals surface area contributed by atoms with E-state index in [-0.39, 0.29) is 10.8 Å². The van der Waals surface area contributed by atoms with Crippen LogP contribution in [0, 0.1) is 11.3 Å². The molecule has 2 heterocycles. The fourth-order valence-electron chi connectivity index (χ4n) is 7.17. The summed E-state index contributed by atoms with van der Waals surface area (Å²) in [4.78, 5) is 2.38. The quantitative estimate of drug-likeness (QED) is 0.112. The lowest BCUT2D eigenvalue weighted by molar-refractivity contribution is -0.401. The van der Waals surface area contributed by atoms with Crippen LogP contribution < -0.4 is 4.90 Å². The van der Waals surface area contributed by atoms with Crippen molar-refractivity contribution in [3.05, 3.63) is 83.6 Å². The third-order valence-electron chi connectivity index (χ3n) is 9.42. The Labute approximate surface area is 274 Å².